The van der Waals surface area contributed by atoms with Crippen LogP contribution >= 0.6 is 0 Å². The van der Waals surface area contributed by atoms with Gasteiger partial charge in [0, 0.05) is 13.1 Å². The summed E-state index contributed by atoms with van der Waals surface area (Å²) < 4.78 is 0. The summed E-state index contributed by atoms with van der Waals surface area (Å²) in [5.41, 5.74) is 0. The molecule has 0 saturated carbocycles. The van der Waals surface area contributed by atoms with Gasteiger partial charge < -0.3 is 20.4 Å². The van der Waals surface area contributed by atoms with Gasteiger partial charge in [-0.15, -0.1) is 0 Å². The van der Waals surface area contributed by atoms with Crippen LogP contribution in [0.5, 0.6) is 0 Å². The molecule has 3 N–H and O–H groups in total. The van der Waals surface area contributed by atoms with Crippen LogP contribution in [-0.2, 0) is 4.79 Å². The number of aliphatic hydroxyl groups excluding tert-OH is 1. The number of hydrogen-bond acceptors (Lipinski definition) is 3. The lowest BCUT2D eigenvalue weighted by molar-refractivity contribution is -0.140. The second-order valence-electron chi connectivity index (χ2n) is 4.69. The zero-order chi connectivity index (χ0) is 14.3. The summed E-state index contributed by atoms with van der Waals surface area (Å²) in [6.45, 7) is 2.86. The zero-order valence-corrected chi connectivity index (χ0v) is 11.2. The van der Waals surface area contributed by atoms with E-state index in [0.717, 1.165) is 12.8 Å². The van der Waals surface area contributed by atoms with Gasteiger partial charge in [0.05, 0.1) is 18.6 Å². The molecule has 0 radical (unpaired) electrons. The topological polar surface area (TPSA) is 89.9 Å². The molecular formula is C13H22N2O4. The van der Waals surface area contributed by atoms with Crippen LogP contribution in [-0.4, -0.2) is 52.9 Å². The van der Waals surface area contributed by atoms with Crippen molar-refractivity contribution in [3.63, 3.8) is 0 Å². The monoisotopic (exact) mass is 270 g/mol. The minimum Gasteiger partial charge on any atom is -0.481 e. The van der Waals surface area contributed by atoms with E-state index >= 15 is 0 Å². The van der Waals surface area contributed by atoms with Gasteiger partial charge in [0.1, 0.15) is 0 Å². The van der Waals surface area contributed by atoms with Crippen LogP contribution in [0.2, 0.25) is 0 Å². The number of carbonyl (C=O) groups is 2. The minimum absolute atomic E-state index is 0.0740. The zero-order valence-electron chi connectivity index (χ0n) is 11.2. The largest absolute Gasteiger partial charge is 0.481 e. The molecule has 6 nitrogen and oxygen atoms in total. The Morgan fingerprint density at radius 2 is 2.11 bits per heavy atom. The van der Waals surface area contributed by atoms with Gasteiger partial charge >= 0.3 is 12.0 Å². The fourth-order valence-electron chi connectivity index (χ4n) is 2.02. The molecule has 0 aromatic carbocycles. The Labute approximate surface area is 113 Å². The van der Waals surface area contributed by atoms with Gasteiger partial charge in [-0.05, 0) is 12.8 Å². The van der Waals surface area contributed by atoms with E-state index in [1.807, 2.05) is 6.92 Å². The van der Waals surface area contributed by atoms with Gasteiger partial charge in [-0.25, -0.2) is 4.79 Å². The highest BCUT2D eigenvalue weighted by atomic mass is 16.4. The number of amides is 2. The van der Waals surface area contributed by atoms with Gasteiger partial charge in [0.2, 0.25) is 0 Å². The molecule has 0 aromatic rings. The predicted molar refractivity (Wildman–Crippen MR) is 70.8 cm³/mol. The van der Waals surface area contributed by atoms with Crippen LogP contribution in [0.4, 0.5) is 4.79 Å². The first-order chi connectivity index (χ1) is 9.08. The van der Waals surface area contributed by atoms with Crippen molar-refractivity contribution in [2.75, 3.05) is 19.7 Å². The third kappa shape index (κ3) is 4.90. The van der Waals surface area contributed by atoms with Crippen molar-refractivity contribution < 1.29 is 19.8 Å². The molecule has 1 aliphatic carbocycles. The van der Waals surface area contributed by atoms with Gasteiger partial charge in [0.15, 0.2) is 0 Å². The normalized spacial score (nSPS) is 21.4. The third-order valence-corrected chi connectivity index (χ3v) is 3.15. The second kappa shape index (κ2) is 7.78. The van der Waals surface area contributed by atoms with Crippen LogP contribution < -0.4 is 5.32 Å². The molecule has 108 valence electrons. The second-order valence-corrected chi connectivity index (χ2v) is 4.69. The number of unbranched alkanes of at least 4 members (excludes halogenated alkanes) is 1. The van der Waals surface area contributed by atoms with Crippen molar-refractivity contribution in [1.82, 2.24) is 10.2 Å². The van der Waals surface area contributed by atoms with Crippen LogP contribution in [0.15, 0.2) is 12.2 Å². The van der Waals surface area contributed by atoms with E-state index < -0.39 is 11.9 Å². The Hall–Kier alpha value is -1.56. The molecule has 1 rings (SSSR count). The summed E-state index contributed by atoms with van der Waals surface area (Å²) in [7, 11) is 0. The lowest BCUT2D eigenvalue weighted by Gasteiger charge is -2.24. The number of urea groups is 1. The Kier molecular flexibility index (Phi) is 6.35. The number of carboxylic acid groups (broad SMARTS) is 1. The first-order valence-electron chi connectivity index (χ1n) is 6.66. The number of aliphatic hydroxyl groups is 1. The van der Waals surface area contributed by atoms with E-state index in [9.17, 15) is 9.59 Å². The van der Waals surface area contributed by atoms with Crippen molar-refractivity contribution in [3.8, 4) is 0 Å². The molecule has 6 heteroatoms. The summed E-state index contributed by atoms with van der Waals surface area (Å²) in [6, 6.07) is -0.486. The van der Waals surface area contributed by atoms with Gasteiger partial charge in [-0.2, -0.15) is 0 Å². The Balaban J connectivity index is 2.44. The molecule has 2 atom stereocenters. The summed E-state index contributed by atoms with van der Waals surface area (Å²) in [5.74, 6) is -1.39. The third-order valence-electron chi connectivity index (χ3n) is 3.15. The molecule has 2 unspecified atom stereocenters. The van der Waals surface area contributed by atoms with Crippen molar-refractivity contribution >= 4 is 12.0 Å². The number of rotatable bonds is 7. The van der Waals surface area contributed by atoms with Gasteiger partial charge in [-0.1, -0.05) is 25.5 Å². The maximum atomic E-state index is 12.0. The number of hydrogen-bond donors (Lipinski definition) is 3. The molecule has 2 amide bonds. The first kappa shape index (κ1) is 15.5. The lowest BCUT2D eigenvalue weighted by atomic mass is 10.1. The molecule has 0 heterocycles. The number of carboxylic acids is 1. The SMILES string of the molecule is CCCCN(CCO)C(=O)NC1C=CC(C(=O)O)C1. The van der Waals surface area contributed by atoms with E-state index in [1.165, 1.54) is 0 Å². The Morgan fingerprint density at radius 1 is 1.37 bits per heavy atom. The van der Waals surface area contributed by atoms with Crippen molar-refractivity contribution in [2.45, 2.75) is 32.2 Å². The van der Waals surface area contributed by atoms with Crippen LogP contribution in [0.3, 0.4) is 0 Å². The maximum Gasteiger partial charge on any atom is 0.317 e. The van der Waals surface area contributed by atoms with E-state index in [4.69, 9.17) is 10.2 Å². The Bertz CT molecular complexity index is 344. The molecule has 19 heavy (non-hydrogen) atoms. The molecule has 0 saturated heterocycles. The minimum atomic E-state index is -0.869. The molecule has 0 bridgehead atoms. The maximum absolute atomic E-state index is 12.0. The van der Waals surface area contributed by atoms with Gasteiger partial charge in [0.25, 0.3) is 0 Å². The lowest BCUT2D eigenvalue weighted by Crippen LogP contribution is -2.45. The first-order valence-corrected chi connectivity index (χ1v) is 6.66. The van der Waals surface area contributed by atoms with Crippen LogP contribution in [0.1, 0.15) is 26.2 Å². The van der Waals surface area contributed by atoms with E-state index in [2.05, 4.69) is 5.32 Å². The van der Waals surface area contributed by atoms with E-state index in [-0.39, 0.29) is 18.7 Å². The highest BCUT2D eigenvalue weighted by Crippen LogP contribution is 2.18. The van der Waals surface area contributed by atoms with E-state index in [1.54, 1.807) is 17.1 Å². The standard InChI is InChI=1S/C13H22N2O4/c1-2-3-6-15(7-8-16)13(19)14-11-5-4-10(9-11)12(17)18/h4-5,10-11,16H,2-3,6-9H2,1H3,(H,14,19)(H,17,18). The molecular weight excluding hydrogens is 248 g/mol. The average molecular weight is 270 g/mol. The molecule has 0 aromatic heterocycles. The Morgan fingerprint density at radius 3 is 2.63 bits per heavy atom. The fraction of sp³-hybridized carbons (Fsp3) is 0.692. The summed E-state index contributed by atoms with van der Waals surface area (Å²) >= 11 is 0. The quantitative estimate of drug-likeness (QED) is 0.597. The number of nitrogens with zero attached hydrogens (tertiary/aromatic N) is 1. The van der Waals surface area contributed by atoms with Gasteiger partial charge in [-0.3, -0.25) is 4.79 Å². The highest BCUT2D eigenvalue weighted by molar-refractivity contribution is 5.76. The van der Waals surface area contributed by atoms with Crippen LogP contribution in [0.25, 0.3) is 0 Å². The van der Waals surface area contributed by atoms with E-state index in [0.29, 0.717) is 19.5 Å². The molecule has 1 aliphatic rings. The summed E-state index contributed by atoms with van der Waals surface area (Å²) in [5, 5.41) is 20.6. The number of nitrogens with one attached hydrogen (secondary N) is 1. The smallest absolute Gasteiger partial charge is 0.317 e. The average Bonchev–Trinajstić information content (AvgIpc) is 2.83. The summed E-state index contributed by atoms with van der Waals surface area (Å²) in [4.78, 5) is 24.4. The van der Waals surface area contributed by atoms with Crippen molar-refractivity contribution in [3.05, 3.63) is 12.2 Å². The predicted octanol–water partition coefficient (Wildman–Crippen LogP) is 0.820. The molecule has 0 fully saturated rings. The summed E-state index contributed by atoms with van der Waals surface area (Å²) in [6.07, 6.45) is 5.57. The number of carbonyl (C=O) groups excluding carboxylic acids is 1. The van der Waals surface area contributed by atoms with Crippen molar-refractivity contribution in [2.24, 2.45) is 5.92 Å². The molecule has 0 aliphatic heterocycles. The highest BCUT2D eigenvalue weighted by Gasteiger charge is 2.26. The molecule has 0 spiro atoms. The van der Waals surface area contributed by atoms with Crippen LogP contribution in [0, 0.1) is 5.92 Å². The van der Waals surface area contributed by atoms with Crippen molar-refractivity contribution in [1.29, 1.82) is 0 Å². The number of aliphatic carboxylic acids is 1. The fourth-order valence-corrected chi connectivity index (χ4v) is 2.02.